The molecular weight excluding hydrogens is 222 g/mol. The normalized spacial score (nSPS) is 9.82. The molecule has 5 nitrogen and oxygen atoms in total. The van der Waals surface area contributed by atoms with Gasteiger partial charge >= 0.3 is 5.97 Å². The minimum atomic E-state index is -0.452. The second-order valence-corrected chi connectivity index (χ2v) is 3.32. The Labute approximate surface area is 100 Å². The van der Waals surface area contributed by atoms with E-state index < -0.39 is 5.97 Å². The first-order valence-electron chi connectivity index (χ1n) is 5.32. The van der Waals surface area contributed by atoms with Crippen LogP contribution in [-0.2, 0) is 4.74 Å². The summed E-state index contributed by atoms with van der Waals surface area (Å²) in [5.74, 6) is 0.451. The van der Waals surface area contributed by atoms with Crippen LogP contribution in [0.25, 0.3) is 0 Å². The molecule has 1 aromatic rings. The number of ether oxygens (including phenoxy) is 3. The maximum Gasteiger partial charge on any atom is 0.341 e. The van der Waals surface area contributed by atoms with E-state index in [1.54, 1.807) is 18.2 Å². The molecule has 0 aliphatic heterocycles. The van der Waals surface area contributed by atoms with E-state index in [9.17, 15) is 4.79 Å². The first-order valence-corrected chi connectivity index (χ1v) is 5.32. The third kappa shape index (κ3) is 3.35. The van der Waals surface area contributed by atoms with Crippen LogP contribution in [-0.4, -0.2) is 33.3 Å². The maximum atomic E-state index is 11.6. The predicted octanol–water partition coefficient (Wildman–Crippen LogP) is 1.21. The molecule has 5 heteroatoms. The summed E-state index contributed by atoms with van der Waals surface area (Å²) in [4.78, 5) is 11.6. The topological polar surface area (TPSA) is 70.8 Å². The van der Waals surface area contributed by atoms with Crippen molar-refractivity contribution in [3.63, 3.8) is 0 Å². The van der Waals surface area contributed by atoms with Crippen LogP contribution in [0.15, 0.2) is 18.2 Å². The lowest BCUT2D eigenvalue weighted by atomic mass is 10.2. The van der Waals surface area contributed by atoms with Gasteiger partial charge in [0.1, 0.15) is 5.56 Å². The summed E-state index contributed by atoms with van der Waals surface area (Å²) in [5.41, 5.74) is 5.74. The SMILES string of the molecule is COC(=O)c1cccc(OC)c1OCCCN. The summed E-state index contributed by atoms with van der Waals surface area (Å²) in [7, 11) is 2.84. The monoisotopic (exact) mass is 239 g/mol. The van der Waals surface area contributed by atoms with E-state index >= 15 is 0 Å². The molecule has 0 aromatic heterocycles. The van der Waals surface area contributed by atoms with Crippen LogP contribution in [0.1, 0.15) is 16.8 Å². The first-order chi connectivity index (χ1) is 8.24. The Morgan fingerprint density at radius 3 is 2.71 bits per heavy atom. The highest BCUT2D eigenvalue weighted by Gasteiger charge is 2.17. The summed E-state index contributed by atoms with van der Waals surface area (Å²) in [6.45, 7) is 0.962. The van der Waals surface area contributed by atoms with Gasteiger partial charge in [-0.05, 0) is 25.1 Å². The quantitative estimate of drug-likeness (QED) is 0.596. The third-order valence-corrected chi connectivity index (χ3v) is 2.20. The fraction of sp³-hybridized carbons (Fsp3) is 0.417. The van der Waals surface area contributed by atoms with Gasteiger partial charge in [-0.2, -0.15) is 0 Å². The van der Waals surface area contributed by atoms with Crippen LogP contribution < -0.4 is 15.2 Å². The van der Waals surface area contributed by atoms with E-state index in [0.29, 0.717) is 36.6 Å². The number of esters is 1. The predicted molar refractivity (Wildman–Crippen MR) is 63.5 cm³/mol. The van der Waals surface area contributed by atoms with Crippen LogP contribution in [0.2, 0.25) is 0 Å². The largest absolute Gasteiger partial charge is 0.493 e. The van der Waals surface area contributed by atoms with Gasteiger partial charge in [-0.3, -0.25) is 0 Å². The molecule has 2 N–H and O–H groups in total. The minimum absolute atomic E-state index is 0.351. The van der Waals surface area contributed by atoms with Crippen molar-refractivity contribution >= 4 is 5.97 Å². The fourth-order valence-electron chi connectivity index (χ4n) is 1.35. The number of hydrogen-bond donors (Lipinski definition) is 1. The molecule has 17 heavy (non-hydrogen) atoms. The number of methoxy groups -OCH3 is 2. The van der Waals surface area contributed by atoms with Crippen molar-refractivity contribution in [2.75, 3.05) is 27.4 Å². The Hall–Kier alpha value is -1.75. The smallest absolute Gasteiger partial charge is 0.341 e. The van der Waals surface area contributed by atoms with Gasteiger partial charge < -0.3 is 19.9 Å². The fourth-order valence-corrected chi connectivity index (χ4v) is 1.35. The van der Waals surface area contributed by atoms with E-state index in [1.165, 1.54) is 14.2 Å². The molecule has 1 aromatic carbocycles. The molecule has 0 heterocycles. The molecule has 1 rings (SSSR count). The van der Waals surface area contributed by atoms with Crippen molar-refractivity contribution < 1.29 is 19.0 Å². The number of rotatable bonds is 6. The molecule has 0 aliphatic carbocycles. The van der Waals surface area contributed by atoms with Gasteiger partial charge in [-0.1, -0.05) is 6.07 Å². The van der Waals surface area contributed by atoms with Crippen molar-refractivity contribution in [3.8, 4) is 11.5 Å². The summed E-state index contributed by atoms with van der Waals surface area (Å²) in [5, 5.41) is 0. The Morgan fingerprint density at radius 1 is 1.35 bits per heavy atom. The molecular formula is C12H17NO4. The van der Waals surface area contributed by atoms with Crippen molar-refractivity contribution in [1.82, 2.24) is 0 Å². The van der Waals surface area contributed by atoms with E-state index in [4.69, 9.17) is 15.2 Å². The van der Waals surface area contributed by atoms with Gasteiger partial charge in [0.2, 0.25) is 0 Å². The standard InChI is InChI=1S/C12H17NO4/c1-15-10-6-3-5-9(12(14)16-2)11(10)17-8-4-7-13/h3,5-6H,4,7-8,13H2,1-2H3. The van der Waals surface area contributed by atoms with Crippen molar-refractivity contribution in [2.24, 2.45) is 5.73 Å². The van der Waals surface area contributed by atoms with Gasteiger partial charge in [0.15, 0.2) is 11.5 Å². The molecule has 0 atom stereocenters. The van der Waals surface area contributed by atoms with Gasteiger partial charge in [0.25, 0.3) is 0 Å². The van der Waals surface area contributed by atoms with E-state index in [1.807, 2.05) is 0 Å². The number of carbonyl (C=O) groups excluding carboxylic acids is 1. The summed E-state index contributed by atoms with van der Waals surface area (Å²) >= 11 is 0. The van der Waals surface area contributed by atoms with Crippen LogP contribution >= 0.6 is 0 Å². The zero-order valence-corrected chi connectivity index (χ0v) is 10.1. The molecule has 0 saturated heterocycles. The summed E-state index contributed by atoms with van der Waals surface area (Å²) in [6, 6.07) is 5.07. The van der Waals surface area contributed by atoms with E-state index in [2.05, 4.69) is 4.74 Å². The molecule has 0 fully saturated rings. The van der Waals surface area contributed by atoms with Crippen LogP contribution in [0, 0.1) is 0 Å². The highest BCUT2D eigenvalue weighted by Crippen LogP contribution is 2.31. The lowest BCUT2D eigenvalue weighted by Gasteiger charge is -2.13. The van der Waals surface area contributed by atoms with Crippen molar-refractivity contribution in [1.29, 1.82) is 0 Å². The van der Waals surface area contributed by atoms with E-state index in [-0.39, 0.29) is 0 Å². The van der Waals surface area contributed by atoms with Gasteiger partial charge in [0, 0.05) is 0 Å². The average molecular weight is 239 g/mol. The Balaban J connectivity index is 2.98. The van der Waals surface area contributed by atoms with Crippen LogP contribution in [0.5, 0.6) is 11.5 Å². The number of para-hydroxylation sites is 1. The lowest BCUT2D eigenvalue weighted by molar-refractivity contribution is 0.0595. The van der Waals surface area contributed by atoms with Crippen molar-refractivity contribution in [2.45, 2.75) is 6.42 Å². The molecule has 0 radical (unpaired) electrons. The number of nitrogens with two attached hydrogens (primary N) is 1. The maximum absolute atomic E-state index is 11.6. The molecule has 0 amide bonds. The average Bonchev–Trinajstić information content (AvgIpc) is 2.38. The molecule has 0 spiro atoms. The second-order valence-electron chi connectivity index (χ2n) is 3.32. The minimum Gasteiger partial charge on any atom is -0.493 e. The first kappa shape index (κ1) is 13.3. The lowest BCUT2D eigenvalue weighted by Crippen LogP contribution is -2.10. The molecule has 0 unspecified atom stereocenters. The van der Waals surface area contributed by atoms with Crippen LogP contribution in [0.3, 0.4) is 0 Å². The Kier molecular flexibility index (Phi) is 5.29. The number of hydrogen-bond acceptors (Lipinski definition) is 5. The zero-order chi connectivity index (χ0) is 12.7. The molecule has 94 valence electrons. The molecule has 0 aliphatic rings. The van der Waals surface area contributed by atoms with E-state index in [0.717, 1.165) is 0 Å². The molecule has 0 bridgehead atoms. The number of benzene rings is 1. The molecule has 0 saturated carbocycles. The Morgan fingerprint density at radius 2 is 2.12 bits per heavy atom. The van der Waals surface area contributed by atoms with Gasteiger partial charge in [-0.25, -0.2) is 4.79 Å². The number of carbonyl (C=O) groups is 1. The highest BCUT2D eigenvalue weighted by molar-refractivity contribution is 5.93. The van der Waals surface area contributed by atoms with Gasteiger partial charge in [-0.15, -0.1) is 0 Å². The Bertz CT molecular complexity index is 379. The second kappa shape index (κ2) is 6.75. The van der Waals surface area contributed by atoms with Crippen molar-refractivity contribution in [3.05, 3.63) is 23.8 Å². The summed E-state index contributed by atoms with van der Waals surface area (Å²) in [6.07, 6.45) is 0.707. The third-order valence-electron chi connectivity index (χ3n) is 2.20. The highest BCUT2D eigenvalue weighted by atomic mass is 16.5. The summed E-state index contributed by atoms with van der Waals surface area (Å²) < 4.78 is 15.3. The van der Waals surface area contributed by atoms with Crippen LogP contribution in [0.4, 0.5) is 0 Å². The zero-order valence-electron chi connectivity index (χ0n) is 10.1. The van der Waals surface area contributed by atoms with Gasteiger partial charge in [0.05, 0.1) is 20.8 Å².